The molecule has 7 rings (SSSR count). The van der Waals surface area contributed by atoms with Crippen molar-refractivity contribution in [3.8, 4) is 22.1 Å². The number of hydrogen-bond donors (Lipinski definition) is 2. The zero-order valence-corrected chi connectivity index (χ0v) is 47.5. The number of hydrogen-bond acceptors (Lipinski definition) is 12. The van der Waals surface area contributed by atoms with E-state index in [1.165, 1.54) is 44.8 Å². The van der Waals surface area contributed by atoms with Crippen molar-refractivity contribution < 1.29 is 46.4 Å². The van der Waals surface area contributed by atoms with Crippen LogP contribution in [-0.2, 0) is 20.8 Å². The van der Waals surface area contributed by atoms with Crippen molar-refractivity contribution >= 4 is 86.3 Å². The van der Waals surface area contributed by atoms with Gasteiger partial charge in [0.05, 0.1) is 57.2 Å². The molecule has 1 aromatic carbocycles. The maximum absolute atomic E-state index is 17.4. The predicted octanol–water partition coefficient (Wildman–Crippen LogP) is 11.8. The van der Waals surface area contributed by atoms with Crippen LogP contribution in [0.25, 0.3) is 16.6 Å². The fourth-order valence-electron chi connectivity index (χ4n) is 9.57. The highest BCUT2D eigenvalue weighted by Crippen LogP contribution is 2.44. The number of nitro benzene ring substituents is 1. The highest BCUT2D eigenvalue weighted by Gasteiger charge is 2.55. The number of halogens is 2. The van der Waals surface area contributed by atoms with E-state index < -0.39 is 17.8 Å². The number of methoxy groups -OCH3 is 1. The van der Waals surface area contributed by atoms with Crippen LogP contribution in [0.15, 0.2) is 100.0 Å². The van der Waals surface area contributed by atoms with Gasteiger partial charge >= 0.3 is 6.97 Å². The molecular weight excluding hydrogens is 1050 g/mol. The van der Waals surface area contributed by atoms with E-state index in [0.717, 1.165) is 51.5 Å². The number of fused-ring (bicyclic) bond motifs is 2. The number of Topliss-reactive ketones (excluding diaryl/α,β-unsaturated/α-hetero) is 1. The van der Waals surface area contributed by atoms with Gasteiger partial charge in [0.2, 0.25) is 11.8 Å². The summed E-state index contributed by atoms with van der Waals surface area (Å²) in [5, 5.41) is 22.6. The summed E-state index contributed by atoms with van der Waals surface area (Å²) in [6.45, 7) is 0.956. The number of aromatic nitrogens is 2. The highest BCUT2D eigenvalue weighted by molar-refractivity contribution is 8.76. The summed E-state index contributed by atoms with van der Waals surface area (Å²) in [7, 11) is 11.2. The van der Waals surface area contributed by atoms with Gasteiger partial charge in [0.25, 0.3) is 5.69 Å². The second-order valence-electron chi connectivity index (χ2n) is 20.2. The smallest absolute Gasteiger partial charge is 0.493 e. The number of nitrogens with one attached hydrogen (secondary N) is 2. The second kappa shape index (κ2) is 27.1. The first-order valence-electron chi connectivity index (χ1n) is 26.0. The van der Waals surface area contributed by atoms with E-state index in [9.17, 15) is 24.5 Å². The molecule has 14 nitrogen and oxygen atoms in total. The molecule has 406 valence electrons. The largest absolute Gasteiger partial charge is 0.737 e. The first kappa shape index (κ1) is 58.1. The van der Waals surface area contributed by atoms with Gasteiger partial charge in [-0.3, -0.25) is 24.5 Å². The summed E-state index contributed by atoms with van der Waals surface area (Å²) < 4.78 is 49.4. The summed E-state index contributed by atoms with van der Waals surface area (Å²) in [4.78, 5) is 57.1. The van der Waals surface area contributed by atoms with E-state index in [2.05, 4.69) is 36.8 Å². The number of ether oxygens (including phenoxy) is 2. The average molecular weight is 1120 g/mol. The number of carbonyl (C=O) groups is 3. The number of nitro groups is 1. The maximum Gasteiger partial charge on any atom is 0.737 e. The van der Waals surface area contributed by atoms with Crippen LogP contribution in [0.5, 0.6) is 11.5 Å². The number of aryl methyl sites for hydroxylation is 1. The molecule has 76 heavy (non-hydrogen) atoms. The van der Waals surface area contributed by atoms with Gasteiger partial charge in [-0.25, -0.2) is 4.98 Å². The molecule has 2 amide bonds. The standard InChI is InChI=1S/C55H68BF2N7O7S4/c1-7-39(55(68)61-25-10-8-20-53(67)59-26-28-72-50-37-46(64(69)70)43(35-49(50)71-6)38(2)16-13-31-75-76-54-21-9-11-24-60-54)32-42(66)23-22-41-34-48(52-19-15-30-74-52)63-45(41)36-44-40(17-12-27-65(3,4)5)33-47(51-18-14-29-73-51)62(44)56(63,57)58/h9,11,14-15,18-19,21,24,29-30,33-39H,7-8,10,12-13,16-17,20,22-23,25-28,31-32H2,1-6H3,(H-,59,61,67,68)/p+1. The lowest BCUT2D eigenvalue weighted by Crippen LogP contribution is -2.50. The van der Waals surface area contributed by atoms with E-state index >= 15 is 8.63 Å². The number of benzene rings is 1. The van der Waals surface area contributed by atoms with Crippen LogP contribution in [0.1, 0.15) is 106 Å². The molecule has 2 aliphatic heterocycles. The number of amides is 2. The Balaban J connectivity index is 0.856. The van der Waals surface area contributed by atoms with Crippen molar-refractivity contribution in [2.24, 2.45) is 5.92 Å². The van der Waals surface area contributed by atoms with Gasteiger partial charge < -0.3 is 42.2 Å². The SMILES string of the molecule is CCC(CC(=O)CCC1=CC(c2cccs2)=[N+]2C1=Cc1c(CCC[N+](C)(C)C)cc(-c3cccs3)n1[B-]2(F)F)C(=O)NCCCCC(=O)NCCOc1cc([N+](=O)[O-])c(C(C)CCCSSc2ccccn2)cc1OC. The summed E-state index contributed by atoms with van der Waals surface area (Å²) in [5.74, 6) is 0.259. The molecule has 0 fully saturated rings. The number of ketones is 1. The van der Waals surface area contributed by atoms with Crippen LogP contribution in [0.2, 0.25) is 0 Å². The Kier molecular flexibility index (Phi) is 20.7. The monoisotopic (exact) mass is 1120 g/mol. The third-order valence-electron chi connectivity index (χ3n) is 13.5. The lowest BCUT2D eigenvalue weighted by molar-refractivity contribution is -0.870. The third kappa shape index (κ3) is 15.1. The Hall–Kier alpha value is -5.61. The number of quaternary nitrogens is 1. The molecule has 0 spiro atoms. The van der Waals surface area contributed by atoms with Crippen molar-refractivity contribution in [3.63, 3.8) is 0 Å². The van der Waals surface area contributed by atoms with Crippen LogP contribution in [-0.4, -0.2) is 114 Å². The van der Waals surface area contributed by atoms with E-state index in [0.29, 0.717) is 76.8 Å². The van der Waals surface area contributed by atoms with E-state index in [-0.39, 0.29) is 73.8 Å². The fourth-order valence-corrected chi connectivity index (χ4v) is 13.0. The second-order valence-corrected chi connectivity index (χ2v) is 24.5. The predicted molar refractivity (Wildman–Crippen MR) is 305 cm³/mol. The van der Waals surface area contributed by atoms with Gasteiger partial charge in [-0.2, -0.15) is 0 Å². The average Bonchev–Trinajstić information content (AvgIpc) is 4.25. The Morgan fingerprint density at radius 3 is 2.39 bits per heavy atom. The Morgan fingerprint density at radius 2 is 1.71 bits per heavy atom. The van der Waals surface area contributed by atoms with Crippen LogP contribution < -0.4 is 20.1 Å². The molecule has 2 atom stereocenters. The van der Waals surface area contributed by atoms with Crippen LogP contribution in [0, 0.1) is 16.0 Å². The fraction of sp³-hybridized carbons (Fsp3) is 0.436. The minimum absolute atomic E-state index is 0.0311. The Bertz CT molecular complexity index is 2910. The maximum atomic E-state index is 17.4. The Labute approximate surface area is 460 Å². The minimum atomic E-state index is -4.33. The van der Waals surface area contributed by atoms with Gasteiger partial charge in [-0.05, 0) is 114 Å². The van der Waals surface area contributed by atoms with Crippen LogP contribution in [0.4, 0.5) is 14.3 Å². The van der Waals surface area contributed by atoms with Crippen molar-refractivity contribution in [1.29, 1.82) is 0 Å². The van der Waals surface area contributed by atoms with Crippen LogP contribution in [0.3, 0.4) is 0 Å². The van der Waals surface area contributed by atoms with Gasteiger partial charge in [-0.1, -0.05) is 42.8 Å². The zero-order valence-electron chi connectivity index (χ0n) is 44.2. The summed E-state index contributed by atoms with van der Waals surface area (Å²) >= 11 is 2.84. The third-order valence-corrected chi connectivity index (χ3v) is 17.7. The lowest BCUT2D eigenvalue weighted by atomic mass is 9.88. The van der Waals surface area contributed by atoms with Crippen molar-refractivity contribution in [1.82, 2.24) is 20.1 Å². The lowest BCUT2D eigenvalue weighted by Gasteiger charge is -2.31. The minimum Gasteiger partial charge on any atom is -0.493 e. The number of unbranched alkanes of at least 4 members (excludes halogenated alkanes) is 1. The Morgan fingerprint density at radius 1 is 0.934 bits per heavy atom. The van der Waals surface area contributed by atoms with Gasteiger partial charge in [0.15, 0.2) is 22.9 Å². The zero-order chi connectivity index (χ0) is 54.4. The molecule has 0 aliphatic carbocycles. The van der Waals surface area contributed by atoms with E-state index in [4.69, 9.17) is 9.47 Å². The van der Waals surface area contributed by atoms with Crippen LogP contribution >= 0.6 is 44.3 Å². The topological polar surface area (TPSA) is 158 Å². The molecule has 2 aliphatic rings. The van der Waals surface area contributed by atoms with Gasteiger partial charge in [0, 0.05) is 89.6 Å². The number of rotatable bonds is 31. The van der Waals surface area contributed by atoms with E-state index in [1.54, 1.807) is 33.9 Å². The molecule has 0 saturated carbocycles. The number of pyridine rings is 1. The normalized spacial score (nSPS) is 14.6. The summed E-state index contributed by atoms with van der Waals surface area (Å²) in [6, 6.07) is 18.2. The molecule has 2 unspecified atom stereocenters. The molecule has 0 radical (unpaired) electrons. The number of carbonyl (C=O) groups excluding carboxylic acids is 3. The van der Waals surface area contributed by atoms with Gasteiger partial charge in [0.1, 0.15) is 17.4 Å². The van der Waals surface area contributed by atoms with Crippen molar-refractivity contribution in [3.05, 3.63) is 127 Å². The molecule has 2 N–H and O–H groups in total. The molecule has 21 heteroatoms. The quantitative estimate of drug-likeness (QED) is 0.0109. The molecular formula is C55H69BF2N7O7S4+. The number of allylic oxidation sites excluding steroid dienone is 2. The molecule has 0 saturated heterocycles. The first-order valence-corrected chi connectivity index (χ1v) is 30.1. The van der Waals surface area contributed by atoms with Crippen molar-refractivity contribution in [2.45, 2.75) is 95.4 Å². The number of nitrogens with zero attached hydrogens (tertiary/aromatic N) is 5. The van der Waals surface area contributed by atoms with Gasteiger partial charge in [-0.15, -0.1) is 22.7 Å². The molecule has 0 bridgehead atoms. The molecule has 5 aromatic rings. The van der Waals surface area contributed by atoms with E-state index in [1.807, 2.05) is 85.3 Å². The molecule has 4 aromatic heterocycles. The summed E-state index contributed by atoms with van der Waals surface area (Å²) in [5.41, 5.74) is 3.92. The first-order chi connectivity index (χ1) is 36.5. The molecule has 6 heterocycles. The van der Waals surface area contributed by atoms with Crippen molar-refractivity contribution in [2.75, 3.05) is 60.2 Å². The highest BCUT2D eigenvalue weighted by atomic mass is 33.1. The number of thiophene rings is 2. The summed E-state index contributed by atoms with van der Waals surface area (Å²) in [6.07, 6.45) is 10.7.